The van der Waals surface area contributed by atoms with Crippen molar-refractivity contribution >= 4 is 11.6 Å². The smallest absolute Gasteiger partial charge is 0.224 e. The van der Waals surface area contributed by atoms with Crippen molar-refractivity contribution < 1.29 is 4.79 Å². The van der Waals surface area contributed by atoms with E-state index in [4.69, 9.17) is 5.73 Å². The molecule has 2 unspecified atom stereocenters. The van der Waals surface area contributed by atoms with E-state index in [1.807, 2.05) is 31.2 Å². The summed E-state index contributed by atoms with van der Waals surface area (Å²) in [4.78, 5) is 14.2. The van der Waals surface area contributed by atoms with E-state index in [1.165, 1.54) is 0 Å². The van der Waals surface area contributed by atoms with Gasteiger partial charge in [0.1, 0.15) is 0 Å². The lowest BCUT2D eigenvalue weighted by atomic mass is 10.1. The third kappa shape index (κ3) is 4.32. The molecular weight excluding hydrogens is 250 g/mol. The summed E-state index contributed by atoms with van der Waals surface area (Å²) in [6.07, 6.45) is 1.45. The predicted molar refractivity (Wildman–Crippen MR) is 82.6 cm³/mol. The van der Waals surface area contributed by atoms with E-state index >= 15 is 0 Å². The van der Waals surface area contributed by atoms with Crippen LogP contribution in [0, 0.1) is 12.8 Å². The Morgan fingerprint density at radius 1 is 1.45 bits per heavy atom. The zero-order valence-electron chi connectivity index (χ0n) is 12.4. The number of benzene rings is 1. The molecule has 3 N–H and O–H groups in total. The molecule has 2 atom stereocenters. The zero-order valence-corrected chi connectivity index (χ0v) is 12.4. The number of carbonyl (C=O) groups excluding carboxylic acids is 1. The minimum atomic E-state index is 0.0899. The molecule has 0 aliphatic carbocycles. The van der Waals surface area contributed by atoms with Crippen molar-refractivity contribution in [2.24, 2.45) is 11.7 Å². The minimum Gasteiger partial charge on any atom is -0.326 e. The Morgan fingerprint density at radius 2 is 2.25 bits per heavy atom. The molecule has 1 amide bonds. The van der Waals surface area contributed by atoms with E-state index in [1.54, 1.807) is 0 Å². The van der Waals surface area contributed by atoms with Crippen LogP contribution in [-0.4, -0.2) is 36.5 Å². The first-order valence-electron chi connectivity index (χ1n) is 7.39. The third-order valence-electron chi connectivity index (χ3n) is 3.93. The van der Waals surface area contributed by atoms with Crippen LogP contribution in [0.3, 0.4) is 0 Å². The standard InChI is InChI=1S/C16H25N3O/c1-12-5-3-6-14(9-12)18-16(20)7-4-8-19-10-13(2)15(17)11-19/h3,5-6,9,13,15H,4,7-8,10-11,17H2,1-2H3,(H,18,20). The number of nitrogens with two attached hydrogens (primary N) is 1. The molecule has 1 heterocycles. The highest BCUT2D eigenvalue weighted by atomic mass is 16.1. The molecular formula is C16H25N3O. The molecule has 4 heteroatoms. The molecule has 110 valence electrons. The van der Waals surface area contributed by atoms with E-state index < -0.39 is 0 Å². The van der Waals surface area contributed by atoms with Gasteiger partial charge < -0.3 is 16.0 Å². The lowest BCUT2D eigenvalue weighted by Crippen LogP contribution is -2.29. The Balaban J connectivity index is 1.68. The number of nitrogens with zero attached hydrogens (tertiary/aromatic N) is 1. The van der Waals surface area contributed by atoms with Gasteiger partial charge in [-0.2, -0.15) is 0 Å². The van der Waals surface area contributed by atoms with Gasteiger partial charge in [-0.25, -0.2) is 0 Å². The van der Waals surface area contributed by atoms with Crippen molar-refractivity contribution in [2.75, 3.05) is 25.0 Å². The second kappa shape index (κ2) is 6.86. The molecule has 4 nitrogen and oxygen atoms in total. The molecule has 1 aromatic rings. The highest BCUT2D eigenvalue weighted by molar-refractivity contribution is 5.90. The summed E-state index contributed by atoms with van der Waals surface area (Å²) < 4.78 is 0. The molecule has 1 aromatic carbocycles. The summed E-state index contributed by atoms with van der Waals surface area (Å²) in [7, 11) is 0. The average molecular weight is 275 g/mol. The van der Waals surface area contributed by atoms with Crippen molar-refractivity contribution in [1.29, 1.82) is 0 Å². The van der Waals surface area contributed by atoms with Gasteiger partial charge in [0.2, 0.25) is 5.91 Å². The van der Waals surface area contributed by atoms with E-state index in [0.29, 0.717) is 12.3 Å². The highest BCUT2D eigenvalue weighted by Crippen LogP contribution is 2.15. The summed E-state index contributed by atoms with van der Waals surface area (Å²) in [5.41, 5.74) is 8.03. The summed E-state index contributed by atoms with van der Waals surface area (Å²) in [5.74, 6) is 0.656. The molecule has 20 heavy (non-hydrogen) atoms. The normalized spacial score (nSPS) is 22.9. The van der Waals surface area contributed by atoms with Crippen LogP contribution in [0.15, 0.2) is 24.3 Å². The van der Waals surface area contributed by atoms with Crippen molar-refractivity contribution in [1.82, 2.24) is 4.90 Å². The monoisotopic (exact) mass is 275 g/mol. The third-order valence-corrected chi connectivity index (χ3v) is 3.93. The van der Waals surface area contributed by atoms with E-state index in [9.17, 15) is 4.79 Å². The molecule has 1 saturated heterocycles. The molecule has 0 radical (unpaired) electrons. The highest BCUT2D eigenvalue weighted by Gasteiger charge is 2.25. The lowest BCUT2D eigenvalue weighted by molar-refractivity contribution is -0.116. The largest absolute Gasteiger partial charge is 0.326 e. The molecule has 1 fully saturated rings. The van der Waals surface area contributed by atoms with Gasteiger partial charge in [0.15, 0.2) is 0 Å². The number of hydrogen-bond acceptors (Lipinski definition) is 3. The van der Waals surface area contributed by atoms with Gasteiger partial charge in [-0.1, -0.05) is 19.1 Å². The first-order chi connectivity index (χ1) is 9.54. The maximum Gasteiger partial charge on any atom is 0.224 e. The molecule has 0 spiro atoms. The van der Waals surface area contributed by atoms with Crippen LogP contribution >= 0.6 is 0 Å². The first kappa shape index (κ1) is 15.0. The maximum atomic E-state index is 11.9. The predicted octanol–water partition coefficient (Wildman–Crippen LogP) is 1.99. The van der Waals surface area contributed by atoms with Crippen LogP contribution in [-0.2, 0) is 4.79 Å². The quantitative estimate of drug-likeness (QED) is 0.864. The second-order valence-corrected chi connectivity index (χ2v) is 5.92. The SMILES string of the molecule is Cc1cccc(NC(=O)CCCN2CC(C)C(N)C2)c1. The summed E-state index contributed by atoms with van der Waals surface area (Å²) >= 11 is 0. The number of nitrogens with one attached hydrogen (secondary N) is 1. The number of carbonyl (C=O) groups is 1. The zero-order chi connectivity index (χ0) is 14.5. The maximum absolute atomic E-state index is 11.9. The number of aryl methyl sites for hydroxylation is 1. The fourth-order valence-electron chi connectivity index (χ4n) is 2.69. The fourth-order valence-corrected chi connectivity index (χ4v) is 2.69. The van der Waals surface area contributed by atoms with Crippen molar-refractivity contribution in [2.45, 2.75) is 32.7 Å². The molecule has 0 aromatic heterocycles. The van der Waals surface area contributed by atoms with Crippen LogP contribution < -0.4 is 11.1 Å². The van der Waals surface area contributed by atoms with Crippen molar-refractivity contribution in [3.8, 4) is 0 Å². The summed E-state index contributed by atoms with van der Waals surface area (Å²) in [6, 6.07) is 8.17. The Bertz CT molecular complexity index is 451. The van der Waals surface area contributed by atoms with Gasteiger partial charge in [-0.15, -0.1) is 0 Å². The average Bonchev–Trinajstić information content (AvgIpc) is 2.68. The van der Waals surface area contributed by atoms with Gasteiger partial charge in [0, 0.05) is 31.2 Å². The van der Waals surface area contributed by atoms with Crippen LogP contribution in [0.5, 0.6) is 0 Å². The Morgan fingerprint density at radius 3 is 2.90 bits per heavy atom. The number of likely N-dealkylation sites (tertiary alicyclic amines) is 1. The van der Waals surface area contributed by atoms with Gasteiger partial charge in [0.25, 0.3) is 0 Å². The molecule has 0 saturated carbocycles. The lowest BCUT2D eigenvalue weighted by Gasteiger charge is -2.14. The van der Waals surface area contributed by atoms with Crippen LogP contribution in [0.4, 0.5) is 5.69 Å². The number of anilines is 1. The Hall–Kier alpha value is -1.39. The Kier molecular flexibility index (Phi) is 5.15. The molecule has 0 bridgehead atoms. The van der Waals surface area contributed by atoms with Crippen LogP contribution in [0.2, 0.25) is 0 Å². The minimum absolute atomic E-state index is 0.0899. The van der Waals surface area contributed by atoms with Gasteiger partial charge >= 0.3 is 0 Å². The van der Waals surface area contributed by atoms with E-state index in [-0.39, 0.29) is 11.9 Å². The van der Waals surface area contributed by atoms with Gasteiger partial charge in [-0.05, 0) is 43.5 Å². The number of rotatable bonds is 5. The number of amides is 1. The Labute approximate surface area is 121 Å². The van der Waals surface area contributed by atoms with E-state index in [2.05, 4.69) is 17.1 Å². The van der Waals surface area contributed by atoms with Crippen LogP contribution in [0.25, 0.3) is 0 Å². The topological polar surface area (TPSA) is 58.4 Å². The summed E-state index contributed by atoms with van der Waals surface area (Å²) in [6.45, 7) is 7.18. The van der Waals surface area contributed by atoms with Crippen molar-refractivity contribution in [3.63, 3.8) is 0 Å². The molecule has 2 rings (SSSR count). The van der Waals surface area contributed by atoms with Crippen LogP contribution in [0.1, 0.15) is 25.3 Å². The molecule has 1 aliphatic heterocycles. The number of hydrogen-bond donors (Lipinski definition) is 2. The van der Waals surface area contributed by atoms with Gasteiger partial charge in [0.05, 0.1) is 0 Å². The van der Waals surface area contributed by atoms with Crippen molar-refractivity contribution in [3.05, 3.63) is 29.8 Å². The van der Waals surface area contributed by atoms with E-state index in [0.717, 1.165) is 37.3 Å². The second-order valence-electron chi connectivity index (χ2n) is 5.92. The summed E-state index contributed by atoms with van der Waals surface area (Å²) in [5, 5.41) is 2.94. The van der Waals surface area contributed by atoms with Gasteiger partial charge in [-0.3, -0.25) is 4.79 Å². The molecule has 1 aliphatic rings. The fraction of sp³-hybridized carbons (Fsp3) is 0.562. The first-order valence-corrected chi connectivity index (χ1v) is 7.39.